The van der Waals surface area contributed by atoms with Crippen molar-refractivity contribution < 1.29 is 32.2 Å². The van der Waals surface area contributed by atoms with Crippen LogP contribution in [0.1, 0.15) is 24.8 Å². The van der Waals surface area contributed by atoms with Gasteiger partial charge in [-0.25, -0.2) is 9.78 Å². The maximum absolute atomic E-state index is 12.7. The lowest BCUT2D eigenvalue weighted by atomic mass is 9.97. The van der Waals surface area contributed by atoms with Gasteiger partial charge in [0.05, 0.1) is 23.1 Å². The number of nitrogens with zero attached hydrogens (tertiary/aromatic N) is 2. The van der Waals surface area contributed by atoms with E-state index in [1.54, 1.807) is 4.90 Å². The van der Waals surface area contributed by atoms with Gasteiger partial charge in [0, 0.05) is 25.7 Å². The maximum atomic E-state index is 12.7. The Morgan fingerprint density at radius 1 is 1.31 bits per heavy atom. The lowest BCUT2D eigenvalue weighted by Crippen LogP contribution is -2.38. The molecule has 26 heavy (non-hydrogen) atoms. The van der Waals surface area contributed by atoms with Gasteiger partial charge in [0.2, 0.25) is 6.10 Å². The fourth-order valence-electron chi connectivity index (χ4n) is 2.97. The van der Waals surface area contributed by atoms with E-state index in [0.29, 0.717) is 32.4 Å². The Morgan fingerprint density at radius 3 is 2.54 bits per heavy atom. The van der Waals surface area contributed by atoms with E-state index in [1.165, 1.54) is 0 Å². The SMILES string of the molecule is O=C(O[C@@H]1CCOC1=O)C1CCN(c2ncc(C(F)(F)F)cc2Cl)CC1. The number of ether oxygens (including phenoxy) is 2. The van der Waals surface area contributed by atoms with Crippen LogP contribution in [0.25, 0.3) is 0 Å². The lowest BCUT2D eigenvalue weighted by Gasteiger charge is -2.32. The van der Waals surface area contributed by atoms with Crippen LogP contribution in [0.4, 0.5) is 19.0 Å². The summed E-state index contributed by atoms with van der Waals surface area (Å²) in [7, 11) is 0. The van der Waals surface area contributed by atoms with E-state index in [2.05, 4.69) is 4.98 Å². The van der Waals surface area contributed by atoms with Crippen LogP contribution in [0.5, 0.6) is 0 Å². The highest BCUT2D eigenvalue weighted by molar-refractivity contribution is 6.33. The molecule has 0 radical (unpaired) electrons. The number of hydrogen-bond acceptors (Lipinski definition) is 6. The molecule has 2 aliphatic heterocycles. The first-order valence-corrected chi connectivity index (χ1v) is 8.48. The van der Waals surface area contributed by atoms with Crippen LogP contribution < -0.4 is 4.90 Å². The fourth-order valence-corrected chi connectivity index (χ4v) is 3.25. The molecule has 1 atom stereocenters. The minimum atomic E-state index is -4.51. The molecule has 142 valence electrons. The molecule has 0 saturated carbocycles. The molecule has 3 rings (SSSR count). The molecule has 0 bridgehead atoms. The van der Waals surface area contributed by atoms with Crippen LogP contribution in [0.3, 0.4) is 0 Å². The third-order valence-electron chi connectivity index (χ3n) is 4.42. The Morgan fingerprint density at radius 2 is 2.00 bits per heavy atom. The highest BCUT2D eigenvalue weighted by atomic mass is 35.5. The second-order valence-corrected chi connectivity index (χ2v) is 6.58. The van der Waals surface area contributed by atoms with Crippen molar-refractivity contribution in [2.24, 2.45) is 5.92 Å². The summed E-state index contributed by atoms with van der Waals surface area (Å²) in [6.07, 6.45) is -3.39. The van der Waals surface area contributed by atoms with Crippen molar-refractivity contribution in [2.45, 2.75) is 31.5 Å². The normalized spacial score (nSPS) is 21.6. The van der Waals surface area contributed by atoms with Gasteiger partial charge in [-0.05, 0) is 18.9 Å². The molecule has 1 aromatic rings. The van der Waals surface area contributed by atoms with Crippen molar-refractivity contribution >= 4 is 29.4 Å². The van der Waals surface area contributed by atoms with Gasteiger partial charge in [-0.1, -0.05) is 11.6 Å². The van der Waals surface area contributed by atoms with Gasteiger partial charge in [0.1, 0.15) is 5.82 Å². The van der Waals surface area contributed by atoms with E-state index in [4.69, 9.17) is 21.1 Å². The van der Waals surface area contributed by atoms with Gasteiger partial charge >= 0.3 is 18.1 Å². The number of halogens is 4. The smallest absolute Gasteiger partial charge is 0.417 e. The highest BCUT2D eigenvalue weighted by Crippen LogP contribution is 2.34. The number of aromatic nitrogens is 1. The molecule has 0 N–H and O–H groups in total. The van der Waals surface area contributed by atoms with Gasteiger partial charge in [0.25, 0.3) is 0 Å². The Balaban J connectivity index is 1.58. The first-order chi connectivity index (χ1) is 12.3. The van der Waals surface area contributed by atoms with Crippen molar-refractivity contribution in [3.8, 4) is 0 Å². The molecular weight excluding hydrogens is 377 g/mol. The largest absolute Gasteiger partial charge is 0.463 e. The summed E-state index contributed by atoms with van der Waals surface area (Å²) in [6, 6.07) is 0.843. The Hall–Kier alpha value is -2.03. The van der Waals surface area contributed by atoms with E-state index in [1.807, 2.05) is 0 Å². The van der Waals surface area contributed by atoms with Gasteiger partial charge in [0.15, 0.2) is 0 Å². The molecule has 0 spiro atoms. The van der Waals surface area contributed by atoms with Crippen molar-refractivity contribution in [2.75, 3.05) is 24.6 Å². The molecule has 2 aliphatic rings. The van der Waals surface area contributed by atoms with Crippen molar-refractivity contribution in [3.05, 3.63) is 22.8 Å². The first-order valence-electron chi connectivity index (χ1n) is 8.10. The predicted molar refractivity (Wildman–Crippen MR) is 84.6 cm³/mol. The zero-order valence-corrected chi connectivity index (χ0v) is 14.3. The zero-order valence-electron chi connectivity index (χ0n) is 13.6. The highest BCUT2D eigenvalue weighted by Gasteiger charge is 2.35. The molecule has 0 amide bonds. The molecule has 3 heterocycles. The molecular formula is C16H16ClF3N2O4. The number of esters is 2. The van der Waals surface area contributed by atoms with Crippen LogP contribution >= 0.6 is 11.6 Å². The number of piperidine rings is 1. The monoisotopic (exact) mass is 392 g/mol. The third-order valence-corrected chi connectivity index (χ3v) is 4.70. The molecule has 10 heteroatoms. The number of carbonyl (C=O) groups excluding carboxylic acids is 2. The van der Waals surface area contributed by atoms with E-state index in [9.17, 15) is 22.8 Å². The number of alkyl halides is 3. The number of anilines is 1. The van der Waals surface area contributed by atoms with Crippen molar-refractivity contribution in [3.63, 3.8) is 0 Å². The number of rotatable bonds is 3. The summed E-state index contributed by atoms with van der Waals surface area (Å²) in [6.45, 7) is 1.03. The summed E-state index contributed by atoms with van der Waals surface area (Å²) in [4.78, 5) is 29.1. The van der Waals surface area contributed by atoms with E-state index < -0.39 is 29.8 Å². The summed E-state index contributed by atoms with van der Waals surface area (Å²) >= 11 is 5.95. The van der Waals surface area contributed by atoms with E-state index >= 15 is 0 Å². The summed E-state index contributed by atoms with van der Waals surface area (Å²) < 4.78 is 48.0. The molecule has 1 aromatic heterocycles. The van der Waals surface area contributed by atoms with Crippen LogP contribution in [0.15, 0.2) is 12.3 Å². The van der Waals surface area contributed by atoms with Crippen molar-refractivity contribution in [1.29, 1.82) is 0 Å². The fraction of sp³-hybridized carbons (Fsp3) is 0.562. The zero-order chi connectivity index (χ0) is 18.9. The van der Waals surface area contributed by atoms with Crippen LogP contribution in [0.2, 0.25) is 5.02 Å². The topological polar surface area (TPSA) is 68.7 Å². The van der Waals surface area contributed by atoms with E-state index in [-0.39, 0.29) is 23.4 Å². The van der Waals surface area contributed by atoms with E-state index in [0.717, 1.165) is 12.3 Å². The molecule has 0 unspecified atom stereocenters. The van der Waals surface area contributed by atoms with Gasteiger partial charge in [-0.3, -0.25) is 4.79 Å². The summed E-state index contributed by atoms with van der Waals surface area (Å²) in [5.41, 5.74) is -0.909. The number of carbonyl (C=O) groups is 2. The van der Waals surface area contributed by atoms with Crippen molar-refractivity contribution in [1.82, 2.24) is 4.98 Å². The van der Waals surface area contributed by atoms with Gasteiger partial charge in [-0.2, -0.15) is 13.2 Å². The molecule has 0 aliphatic carbocycles. The van der Waals surface area contributed by atoms with Gasteiger partial charge in [-0.15, -0.1) is 0 Å². The molecule has 6 nitrogen and oxygen atoms in total. The Bertz CT molecular complexity index is 705. The standard InChI is InChI=1S/C16H16ClF3N2O4/c17-11-7-10(16(18,19)20)8-21-13(11)22-4-1-9(2-5-22)14(23)26-12-3-6-25-15(12)24/h7-9,12H,1-6H2/t12-/m1/s1. The molecule has 2 saturated heterocycles. The molecule has 0 aromatic carbocycles. The van der Waals surface area contributed by atoms with Crippen LogP contribution in [-0.4, -0.2) is 42.7 Å². The second-order valence-electron chi connectivity index (χ2n) is 6.17. The predicted octanol–water partition coefficient (Wildman–Crippen LogP) is 2.83. The molecule has 2 fully saturated rings. The van der Waals surface area contributed by atoms with Gasteiger partial charge < -0.3 is 14.4 Å². The quantitative estimate of drug-likeness (QED) is 0.737. The number of cyclic esters (lactones) is 1. The average molecular weight is 393 g/mol. The first kappa shape index (κ1) is 18.8. The maximum Gasteiger partial charge on any atom is 0.417 e. The van der Waals surface area contributed by atoms with Crippen LogP contribution in [0, 0.1) is 5.92 Å². The summed E-state index contributed by atoms with van der Waals surface area (Å²) in [5.74, 6) is -1.12. The minimum absolute atomic E-state index is 0.0884. The third kappa shape index (κ3) is 4.03. The Labute approximate surface area is 152 Å². The number of pyridine rings is 1. The lowest BCUT2D eigenvalue weighted by molar-refractivity contribution is -0.163. The number of hydrogen-bond donors (Lipinski definition) is 0. The second kappa shape index (κ2) is 7.30. The summed E-state index contributed by atoms with van der Waals surface area (Å²) in [5, 5.41) is -0.0884. The average Bonchev–Trinajstić information content (AvgIpc) is 2.99. The Kier molecular flexibility index (Phi) is 5.27. The minimum Gasteiger partial charge on any atom is -0.463 e. The van der Waals surface area contributed by atoms with Crippen LogP contribution in [-0.2, 0) is 25.2 Å².